The van der Waals surface area contributed by atoms with Gasteiger partial charge in [-0.2, -0.15) is 0 Å². The van der Waals surface area contributed by atoms with Crippen LogP contribution in [0.5, 0.6) is 0 Å². The predicted octanol–water partition coefficient (Wildman–Crippen LogP) is 2.34. The molecule has 5 heteroatoms. The minimum Gasteiger partial charge on any atom is -0.327 e. The van der Waals surface area contributed by atoms with Crippen LogP contribution in [-0.4, -0.2) is 28.5 Å². The first-order valence-corrected chi connectivity index (χ1v) is 6.26. The molecule has 3 nitrogen and oxygen atoms in total. The molecular weight excluding hydrogens is 253 g/mol. The van der Waals surface area contributed by atoms with Crippen molar-refractivity contribution in [3.05, 3.63) is 29.8 Å². The van der Waals surface area contributed by atoms with Crippen molar-refractivity contribution in [2.45, 2.75) is 44.8 Å². The zero-order valence-electron chi connectivity index (χ0n) is 10.7. The highest BCUT2D eigenvalue weighted by atomic mass is 35.5. The number of piperidine rings is 1. The van der Waals surface area contributed by atoms with Gasteiger partial charge in [0.2, 0.25) is 0 Å². The summed E-state index contributed by atoms with van der Waals surface area (Å²) in [6, 6.07) is 2.13. The Morgan fingerprint density at radius 2 is 2.28 bits per heavy atom. The van der Waals surface area contributed by atoms with Gasteiger partial charge < -0.3 is 5.73 Å². The molecule has 102 valence electrons. The zero-order valence-corrected chi connectivity index (χ0v) is 11.5. The molecule has 1 aliphatic heterocycles. The number of aromatic nitrogens is 1. The Morgan fingerprint density at radius 3 is 2.94 bits per heavy atom. The molecule has 0 radical (unpaired) electrons. The molecule has 1 aromatic rings. The van der Waals surface area contributed by atoms with Crippen molar-refractivity contribution in [1.82, 2.24) is 9.88 Å². The Bertz CT molecular complexity index is 373. The molecule has 0 aromatic carbocycles. The molecule has 2 atom stereocenters. The second kappa shape index (κ2) is 7.02. The van der Waals surface area contributed by atoms with Crippen LogP contribution < -0.4 is 5.73 Å². The molecule has 0 amide bonds. The van der Waals surface area contributed by atoms with Crippen LogP contribution in [0.4, 0.5) is 4.39 Å². The van der Waals surface area contributed by atoms with Crippen LogP contribution in [0.25, 0.3) is 0 Å². The maximum absolute atomic E-state index is 13.1. The fourth-order valence-electron chi connectivity index (χ4n) is 2.59. The summed E-state index contributed by atoms with van der Waals surface area (Å²) in [5.41, 5.74) is 6.94. The van der Waals surface area contributed by atoms with E-state index in [0.717, 1.165) is 25.1 Å². The Kier molecular flexibility index (Phi) is 5.99. The smallest absolute Gasteiger partial charge is 0.141 e. The van der Waals surface area contributed by atoms with Gasteiger partial charge in [0, 0.05) is 24.8 Å². The molecule has 18 heavy (non-hydrogen) atoms. The van der Waals surface area contributed by atoms with E-state index < -0.39 is 0 Å². The number of rotatable bonds is 3. The maximum Gasteiger partial charge on any atom is 0.141 e. The SMILES string of the molecule is CC(N)C1CCCCN1Cc1cncc(F)c1.Cl. The number of nitrogens with two attached hydrogens (primary N) is 1. The van der Waals surface area contributed by atoms with Gasteiger partial charge in [-0.1, -0.05) is 6.42 Å². The molecule has 2 heterocycles. The fourth-order valence-corrected chi connectivity index (χ4v) is 2.59. The first-order valence-electron chi connectivity index (χ1n) is 6.26. The highest BCUT2D eigenvalue weighted by molar-refractivity contribution is 5.85. The summed E-state index contributed by atoms with van der Waals surface area (Å²) in [6.45, 7) is 3.84. The summed E-state index contributed by atoms with van der Waals surface area (Å²) in [4.78, 5) is 6.24. The lowest BCUT2D eigenvalue weighted by molar-refractivity contribution is 0.123. The summed E-state index contributed by atoms with van der Waals surface area (Å²) in [7, 11) is 0. The van der Waals surface area contributed by atoms with Crippen LogP contribution >= 0.6 is 12.4 Å². The number of likely N-dealkylation sites (tertiary alicyclic amines) is 1. The zero-order chi connectivity index (χ0) is 12.3. The van der Waals surface area contributed by atoms with E-state index in [1.807, 2.05) is 6.92 Å². The van der Waals surface area contributed by atoms with Crippen molar-refractivity contribution in [3.8, 4) is 0 Å². The van der Waals surface area contributed by atoms with Gasteiger partial charge in [0.25, 0.3) is 0 Å². The van der Waals surface area contributed by atoms with Crippen LogP contribution in [0.3, 0.4) is 0 Å². The third-order valence-electron chi connectivity index (χ3n) is 3.42. The van der Waals surface area contributed by atoms with Gasteiger partial charge in [0.1, 0.15) is 5.82 Å². The summed E-state index contributed by atoms with van der Waals surface area (Å²) >= 11 is 0. The van der Waals surface area contributed by atoms with E-state index in [-0.39, 0.29) is 24.3 Å². The largest absolute Gasteiger partial charge is 0.327 e. The molecule has 1 saturated heterocycles. The average molecular weight is 274 g/mol. The maximum atomic E-state index is 13.1. The fraction of sp³-hybridized carbons (Fsp3) is 0.615. The van der Waals surface area contributed by atoms with Gasteiger partial charge in [-0.15, -0.1) is 12.4 Å². The molecule has 2 rings (SSSR count). The minimum atomic E-state index is -0.267. The number of hydrogen-bond donors (Lipinski definition) is 1. The van der Waals surface area contributed by atoms with Crippen LogP contribution in [-0.2, 0) is 6.54 Å². The van der Waals surface area contributed by atoms with Crippen molar-refractivity contribution in [2.24, 2.45) is 5.73 Å². The first-order chi connectivity index (χ1) is 8.16. The van der Waals surface area contributed by atoms with Crippen LogP contribution in [0.2, 0.25) is 0 Å². The van der Waals surface area contributed by atoms with Gasteiger partial charge in [-0.05, 0) is 37.9 Å². The Labute approximate surface area is 114 Å². The van der Waals surface area contributed by atoms with Gasteiger partial charge in [-0.3, -0.25) is 9.88 Å². The third kappa shape index (κ3) is 3.90. The molecular formula is C13H21ClFN3. The van der Waals surface area contributed by atoms with Crippen molar-refractivity contribution < 1.29 is 4.39 Å². The molecule has 0 bridgehead atoms. The van der Waals surface area contributed by atoms with E-state index in [1.54, 1.807) is 12.3 Å². The van der Waals surface area contributed by atoms with Crippen molar-refractivity contribution in [2.75, 3.05) is 6.54 Å². The first kappa shape index (κ1) is 15.3. The van der Waals surface area contributed by atoms with E-state index in [4.69, 9.17) is 5.73 Å². The van der Waals surface area contributed by atoms with Gasteiger partial charge in [0.15, 0.2) is 0 Å². The van der Waals surface area contributed by atoms with E-state index in [1.165, 1.54) is 19.0 Å². The molecule has 0 saturated carbocycles. The van der Waals surface area contributed by atoms with Crippen molar-refractivity contribution in [3.63, 3.8) is 0 Å². The number of hydrogen-bond acceptors (Lipinski definition) is 3. The average Bonchev–Trinajstić information content (AvgIpc) is 2.29. The van der Waals surface area contributed by atoms with Gasteiger partial charge in [0.05, 0.1) is 6.20 Å². The predicted molar refractivity (Wildman–Crippen MR) is 73.1 cm³/mol. The Morgan fingerprint density at radius 1 is 1.50 bits per heavy atom. The second-order valence-electron chi connectivity index (χ2n) is 4.90. The van der Waals surface area contributed by atoms with Crippen LogP contribution in [0.15, 0.2) is 18.5 Å². The van der Waals surface area contributed by atoms with Crippen LogP contribution in [0, 0.1) is 5.82 Å². The number of nitrogens with zero attached hydrogens (tertiary/aromatic N) is 2. The van der Waals surface area contributed by atoms with E-state index in [0.29, 0.717) is 6.04 Å². The molecule has 1 aromatic heterocycles. The molecule has 1 aliphatic rings. The lowest BCUT2D eigenvalue weighted by atomic mass is 9.96. The summed E-state index contributed by atoms with van der Waals surface area (Å²) < 4.78 is 13.1. The monoisotopic (exact) mass is 273 g/mol. The van der Waals surface area contributed by atoms with Gasteiger partial charge in [-0.25, -0.2) is 4.39 Å². The summed E-state index contributed by atoms with van der Waals surface area (Å²) in [5.74, 6) is -0.267. The number of pyridine rings is 1. The molecule has 2 unspecified atom stereocenters. The standard InChI is InChI=1S/C13H20FN3.ClH/c1-10(15)13-4-2-3-5-17(13)9-11-6-12(14)8-16-7-11;/h6-8,10,13H,2-5,9,15H2,1H3;1H. The lowest BCUT2D eigenvalue weighted by Crippen LogP contribution is -2.48. The lowest BCUT2D eigenvalue weighted by Gasteiger charge is -2.38. The normalized spacial score (nSPS) is 22.3. The topological polar surface area (TPSA) is 42.1 Å². The van der Waals surface area contributed by atoms with Crippen molar-refractivity contribution >= 4 is 12.4 Å². The Hall–Kier alpha value is -0.710. The third-order valence-corrected chi connectivity index (χ3v) is 3.42. The van der Waals surface area contributed by atoms with E-state index in [9.17, 15) is 4.39 Å². The second-order valence-corrected chi connectivity index (χ2v) is 4.90. The summed E-state index contributed by atoms with van der Waals surface area (Å²) in [5, 5.41) is 0. The molecule has 0 spiro atoms. The molecule has 2 N–H and O–H groups in total. The minimum absolute atomic E-state index is 0. The van der Waals surface area contributed by atoms with Crippen molar-refractivity contribution in [1.29, 1.82) is 0 Å². The molecule has 0 aliphatic carbocycles. The number of halogens is 2. The van der Waals surface area contributed by atoms with E-state index in [2.05, 4.69) is 9.88 Å². The Balaban J connectivity index is 0.00000162. The van der Waals surface area contributed by atoms with Gasteiger partial charge >= 0.3 is 0 Å². The van der Waals surface area contributed by atoms with Crippen LogP contribution in [0.1, 0.15) is 31.7 Å². The quantitative estimate of drug-likeness (QED) is 0.919. The molecule has 1 fully saturated rings. The van der Waals surface area contributed by atoms with E-state index >= 15 is 0 Å². The highest BCUT2D eigenvalue weighted by Crippen LogP contribution is 2.21. The highest BCUT2D eigenvalue weighted by Gasteiger charge is 2.25. The summed E-state index contributed by atoms with van der Waals surface area (Å²) in [6.07, 6.45) is 6.55.